The van der Waals surface area contributed by atoms with Crippen molar-refractivity contribution in [2.75, 3.05) is 10.4 Å². The number of carboxylic acids is 1. The minimum atomic E-state index is -1.29. The first-order valence-electron chi connectivity index (χ1n) is 10.3. The molecular weight excluding hydrogens is 439 g/mol. The number of benzene rings is 3. The lowest BCUT2D eigenvalue weighted by Crippen LogP contribution is -2.28. The Labute approximate surface area is 194 Å². The second kappa shape index (κ2) is 8.78. The minimum absolute atomic E-state index is 0.0713. The molecule has 3 N–H and O–H groups in total. The number of carbonyl (C=O) groups excluding carboxylic acids is 1. The summed E-state index contributed by atoms with van der Waals surface area (Å²) < 4.78 is 13.9. The zero-order chi connectivity index (χ0) is 24.6. The Bertz CT molecular complexity index is 1400. The Morgan fingerprint density at radius 2 is 1.82 bits per heavy atom. The van der Waals surface area contributed by atoms with Crippen molar-refractivity contribution < 1.29 is 24.2 Å². The van der Waals surface area contributed by atoms with Gasteiger partial charge in [0, 0.05) is 5.56 Å². The van der Waals surface area contributed by atoms with E-state index in [1.807, 2.05) is 26.0 Å². The number of amides is 1. The normalized spacial score (nSPS) is 14.5. The van der Waals surface area contributed by atoms with E-state index in [1.54, 1.807) is 19.1 Å². The van der Waals surface area contributed by atoms with Crippen LogP contribution in [0.25, 0.3) is 11.1 Å². The largest absolute Gasteiger partial charge is 0.505 e. The van der Waals surface area contributed by atoms with Crippen molar-refractivity contribution >= 4 is 34.7 Å². The number of carboxylic acid groups (broad SMARTS) is 1. The molecule has 4 rings (SSSR count). The number of hydrazone groups is 2. The Balaban J connectivity index is 1.63. The molecule has 8 nitrogen and oxygen atoms in total. The van der Waals surface area contributed by atoms with Gasteiger partial charge in [-0.1, -0.05) is 18.2 Å². The third-order valence-electron chi connectivity index (χ3n) is 5.50. The monoisotopic (exact) mass is 460 g/mol. The number of halogens is 1. The number of hydrogen-bond donors (Lipinski definition) is 3. The van der Waals surface area contributed by atoms with Crippen molar-refractivity contribution in [3.8, 4) is 16.9 Å². The molecule has 1 heterocycles. The molecule has 9 heteroatoms. The highest BCUT2D eigenvalue weighted by Gasteiger charge is 2.31. The standard InChI is InChI=1S/C25H21FN4O4/c1-13-7-8-19(9-14(13)2)30-24(32)22(15(3)29-30)28-27-21-6-4-5-20(23(21)31)16-10-17(25(33)34)12-18(26)11-16/h4-12,27,31H,1-3H3,(H,33,34). The molecule has 34 heavy (non-hydrogen) atoms. The molecule has 1 amide bonds. The number of aromatic carboxylic acids is 1. The highest BCUT2D eigenvalue weighted by Crippen LogP contribution is 2.36. The summed E-state index contributed by atoms with van der Waals surface area (Å²) in [5, 5.41) is 29.6. The molecule has 1 aliphatic rings. The summed E-state index contributed by atoms with van der Waals surface area (Å²) >= 11 is 0. The average molecular weight is 460 g/mol. The van der Waals surface area contributed by atoms with Crippen molar-refractivity contribution in [1.82, 2.24) is 0 Å². The van der Waals surface area contributed by atoms with Crippen LogP contribution < -0.4 is 10.4 Å². The number of phenols is 1. The second-order valence-electron chi connectivity index (χ2n) is 7.88. The van der Waals surface area contributed by atoms with Gasteiger partial charge in [-0.05, 0) is 73.9 Å². The van der Waals surface area contributed by atoms with Crippen molar-refractivity contribution in [1.29, 1.82) is 0 Å². The first-order chi connectivity index (χ1) is 16.2. The molecule has 0 saturated carbocycles. The van der Waals surface area contributed by atoms with Crippen LogP contribution in [-0.2, 0) is 4.79 Å². The quantitative estimate of drug-likeness (QED) is 0.377. The lowest BCUT2D eigenvalue weighted by atomic mass is 10.0. The maximum absolute atomic E-state index is 13.9. The lowest BCUT2D eigenvalue weighted by Gasteiger charge is -2.13. The first-order valence-corrected chi connectivity index (χ1v) is 10.3. The minimum Gasteiger partial charge on any atom is -0.505 e. The zero-order valence-electron chi connectivity index (χ0n) is 18.6. The van der Waals surface area contributed by atoms with E-state index in [2.05, 4.69) is 15.6 Å². The predicted molar refractivity (Wildman–Crippen MR) is 128 cm³/mol. The number of anilines is 2. The molecule has 3 aromatic rings. The molecule has 0 atom stereocenters. The summed E-state index contributed by atoms with van der Waals surface area (Å²) in [6, 6.07) is 13.5. The molecular formula is C25H21FN4O4. The van der Waals surface area contributed by atoms with E-state index in [4.69, 9.17) is 0 Å². The molecule has 1 aliphatic heterocycles. The lowest BCUT2D eigenvalue weighted by molar-refractivity contribution is -0.112. The molecule has 0 saturated heterocycles. The van der Waals surface area contributed by atoms with Gasteiger partial charge in [0.05, 0.1) is 22.6 Å². The number of aryl methyl sites for hydroxylation is 2. The van der Waals surface area contributed by atoms with Crippen molar-refractivity contribution in [3.05, 3.63) is 77.1 Å². The van der Waals surface area contributed by atoms with Gasteiger partial charge >= 0.3 is 11.9 Å². The Hall–Kier alpha value is -4.53. The number of hydrogen-bond acceptors (Lipinski definition) is 6. The van der Waals surface area contributed by atoms with E-state index in [1.165, 1.54) is 23.2 Å². The van der Waals surface area contributed by atoms with Gasteiger partial charge in [0.15, 0.2) is 5.71 Å². The van der Waals surface area contributed by atoms with Gasteiger partial charge < -0.3 is 10.2 Å². The summed E-state index contributed by atoms with van der Waals surface area (Å²) in [5.41, 5.74) is 6.14. The van der Waals surface area contributed by atoms with Crippen LogP contribution in [0.3, 0.4) is 0 Å². The van der Waals surface area contributed by atoms with Crippen LogP contribution in [0.4, 0.5) is 15.8 Å². The van der Waals surface area contributed by atoms with Crippen LogP contribution in [0.2, 0.25) is 0 Å². The van der Waals surface area contributed by atoms with Crippen LogP contribution in [0.1, 0.15) is 28.4 Å². The van der Waals surface area contributed by atoms with E-state index < -0.39 is 17.7 Å². The fourth-order valence-electron chi connectivity index (χ4n) is 3.51. The number of phenolic OH excluding ortho intramolecular Hbond substituents is 1. The van der Waals surface area contributed by atoms with Crippen LogP contribution >= 0.6 is 0 Å². The highest BCUT2D eigenvalue weighted by atomic mass is 19.1. The Kier molecular flexibility index (Phi) is 5.85. The van der Waals surface area contributed by atoms with Gasteiger partial charge in [-0.25, -0.2) is 9.18 Å². The predicted octanol–water partition coefficient (Wildman–Crippen LogP) is 4.70. The van der Waals surface area contributed by atoms with Crippen molar-refractivity contribution in [2.24, 2.45) is 10.2 Å². The molecule has 0 aliphatic carbocycles. The van der Waals surface area contributed by atoms with Gasteiger partial charge in [-0.15, -0.1) is 0 Å². The van der Waals surface area contributed by atoms with Gasteiger partial charge in [0.1, 0.15) is 11.6 Å². The van der Waals surface area contributed by atoms with Gasteiger partial charge in [0.25, 0.3) is 0 Å². The first kappa shape index (κ1) is 22.7. The van der Waals surface area contributed by atoms with Crippen LogP contribution in [0.5, 0.6) is 5.75 Å². The van der Waals surface area contributed by atoms with Gasteiger partial charge in [-0.2, -0.15) is 15.2 Å². The zero-order valence-corrected chi connectivity index (χ0v) is 18.6. The number of rotatable bonds is 5. The number of nitrogens with one attached hydrogen (secondary N) is 1. The third kappa shape index (κ3) is 4.23. The molecule has 0 bridgehead atoms. The van der Waals surface area contributed by atoms with Gasteiger partial charge in [-0.3, -0.25) is 10.2 Å². The number of para-hydroxylation sites is 1. The number of carbonyl (C=O) groups is 2. The van der Waals surface area contributed by atoms with Gasteiger partial charge in [0.2, 0.25) is 0 Å². The average Bonchev–Trinajstić information content (AvgIpc) is 3.07. The fourth-order valence-corrected chi connectivity index (χ4v) is 3.51. The van der Waals surface area contributed by atoms with Crippen molar-refractivity contribution in [2.45, 2.75) is 20.8 Å². The third-order valence-corrected chi connectivity index (χ3v) is 5.50. The maximum Gasteiger partial charge on any atom is 0.335 e. The molecule has 0 radical (unpaired) electrons. The fraction of sp³-hybridized carbons (Fsp3) is 0.120. The molecule has 172 valence electrons. The molecule has 0 aromatic heterocycles. The van der Waals surface area contributed by atoms with Crippen LogP contribution in [0.15, 0.2) is 64.8 Å². The molecule has 0 spiro atoms. The van der Waals surface area contributed by atoms with Crippen LogP contribution in [-0.4, -0.2) is 33.5 Å². The molecule has 0 fully saturated rings. The Morgan fingerprint density at radius 3 is 2.53 bits per heavy atom. The van der Waals surface area contributed by atoms with E-state index >= 15 is 0 Å². The number of nitrogens with zero attached hydrogens (tertiary/aromatic N) is 3. The van der Waals surface area contributed by atoms with Crippen LogP contribution in [0, 0.1) is 19.7 Å². The van der Waals surface area contributed by atoms with Crippen molar-refractivity contribution in [3.63, 3.8) is 0 Å². The SMILES string of the molecule is CC1=NN(c2ccc(C)c(C)c2)C(=O)C1=NNc1cccc(-c2cc(F)cc(C(=O)O)c2)c1O. The maximum atomic E-state index is 13.9. The summed E-state index contributed by atoms with van der Waals surface area (Å²) in [6.45, 7) is 5.57. The summed E-state index contributed by atoms with van der Waals surface area (Å²) in [4.78, 5) is 24.2. The van der Waals surface area contributed by atoms with E-state index in [0.717, 1.165) is 23.3 Å². The Morgan fingerprint density at radius 1 is 1.06 bits per heavy atom. The van der Waals surface area contributed by atoms with E-state index in [-0.39, 0.29) is 33.8 Å². The number of aromatic hydroxyl groups is 1. The highest BCUT2D eigenvalue weighted by molar-refractivity contribution is 6.71. The smallest absolute Gasteiger partial charge is 0.335 e. The second-order valence-corrected chi connectivity index (χ2v) is 7.88. The van der Waals surface area contributed by atoms with E-state index in [9.17, 15) is 24.2 Å². The topological polar surface area (TPSA) is 115 Å². The summed E-state index contributed by atoms with van der Waals surface area (Å²) in [5.74, 6) is -2.74. The van der Waals surface area contributed by atoms with E-state index in [0.29, 0.717) is 11.4 Å². The summed E-state index contributed by atoms with van der Waals surface area (Å²) in [7, 11) is 0. The summed E-state index contributed by atoms with van der Waals surface area (Å²) in [6.07, 6.45) is 0. The molecule has 3 aromatic carbocycles. The molecule has 0 unspecified atom stereocenters.